The van der Waals surface area contributed by atoms with E-state index < -0.39 is 0 Å². The normalized spacial score (nSPS) is 10.3. The van der Waals surface area contributed by atoms with Crippen LogP contribution in [0.5, 0.6) is 0 Å². The fraction of sp³-hybridized carbons (Fsp3) is 0.533. The lowest BCUT2D eigenvalue weighted by Crippen LogP contribution is -2.36. The molecule has 0 saturated heterocycles. The molecule has 1 amide bonds. The number of carbonyl (C=O) groups is 1. The van der Waals surface area contributed by atoms with Crippen LogP contribution in [0.2, 0.25) is 0 Å². The number of amides is 1. The van der Waals surface area contributed by atoms with E-state index in [4.69, 9.17) is 9.84 Å². The standard InChI is InChI=1S/C15H22N2O3S/c1-17(12-15(19)16-7-9-20-2)11-14-13(6-10-21-14)5-3-4-8-18/h6,10,18H,4,7-9,11-12H2,1-2H3,(H,16,19). The third-order valence-electron chi connectivity index (χ3n) is 2.66. The molecule has 0 bridgehead atoms. The molecule has 5 nitrogen and oxygen atoms in total. The van der Waals surface area contributed by atoms with Crippen molar-refractivity contribution < 1.29 is 14.6 Å². The maximum absolute atomic E-state index is 11.7. The molecule has 0 fully saturated rings. The first kappa shape index (κ1) is 17.7. The van der Waals surface area contributed by atoms with Gasteiger partial charge in [-0.05, 0) is 18.5 Å². The number of nitrogens with one attached hydrogen (secondary N) is 1. The Morgan fingerprint density at radius 3 is 3.10 bits per heavy atom. The number of methoxy groups -OCH3 is 1. The molecular weight excluding hydrogens is 288 g/mol. The smallest absolute Gasteiger partial charge is 0.234 e. The summed E-state index contributed by atoms with van der Waals surface area (Å²) in [7, 11) is 3.51. The van der Waals surface area contributed by atoms with Crippen molar-refractivity contribution in [2.45, 2.75) is 13.0 Å². The van der Waals surface area contributed by atoms with Crippen molar-refractivity contribution >= 4 is 17.2 Å². The number of thiophene rings is 1. The third-order valence-corrected chi connectivity index (χ3v) is 3.57. The summed E-state index contributed by atoms with van der Waals surface area (Å²) >= 11 is 1.63. The molecule has 0 saturated carbocycles. The summed E-state index contributed by atoms with van der Waals surface area (Å²) in [6.07, 6.45) is 0.479. The Labute approximate surface area is 129 Å². The van der Waals surface area contributed by atoms with Crippen LogP contribution < -0.4 is 5.32 Å². The highest BCUT2D eigenvalue weighted by molar-refractivity contribution is 7.10. The summed E-state index contributed by atoms with van der Waals surface area (Å²) in [6, 6.07) is 1.97. The number of ether oxygens (including phenoxy) is 1. The van der Waals surface area contributed by atoms with Crippen molar-refractivity contribution in [3.63, 3.8) is 0 Å². The van der Waals surface area contributed by atoms with Crippen LogP contribution in [0.3, 0.4) is 0 Å². The van der Waals surface area contributed by atoms with Crippen LogP contribution in [-0.2, 0) is 16.1 Å². The van der Waals surface area contributed by atoms with Gasteiger partial charge in [0, 0.05) is 37.1 Å². The maximum atomic E-state index is 11.7. The molecule has 2 N–H and O–H groups in total. The second-order valence-corrected chi connectivity index (χ2v) is 5.55. The van der Waals surface area contributed by atoms with Crippen LogP contribution in [0, 0.1) is 11.8 Å². The molecule has 1 aromatic rings. The Morgan fingerprint density at radius 1 is 1.57 bits per heavy atom. The number of hydrogen-bond acceptors (Lipinski definition) is 5. The van der Waals surface area contributed by atoms with Gasteiger partial charge in [-0.1, -0.05) is 11.8 Å². The highest BCUT2D eigenvalue weighted by atomic mass is 32.1. The summed E-state index contributed by atoms with van der Waals surface area (Å²) in [4.78, 5) is 14.8. The van der Waals surface area contributed by atoms with E-state index in [1.54, 1.807) is 18.4 Å². The maximum Gasteiger partial charge on any atom is 0.234 e. The molecule has 6 heteroatoms. The van der Waals surface area contributed by atoms with Crippen LogP contribution in [0.4, 0.5) is 0 Å². The van der Waals surface area contributed by atoms with Crippen molar-refractivity contribution in [3.8, 4) is 11.8 Å². The number of carbonyl (C=O) groups excluding carboxylic acids is 1. The molecule has 0 aromatic carbocycles. The monoisotopic (exact) mass is 310 g/mol. The van der Waals surface area contributed by atoms with E-state index in [0.29, 0.717) is 32.7 Å². The minimum Gasteiger partial charge on any atom is -0.395 e. The second kappa shape index (κ2) is 10.4. The van der Waals surface area contributed by atoms with Gasteiger partial charge in [0.25, 0.3) is 0 Å². The van der Waals surface area contributed by atoms with Crippen molar-refractivity contribution in [1.29, 1.82) is 0 Å². The number of aliphatic hydroxyl groups excluding tert-OH is 1. The lowest BCUT2D eigenvalue weighted by atomic mass is 10.2. The van der Waals surface area contributed by atoms with Crippen molar-refractivity contribution in [1.82, 2.24) is 10.2 Å². The van der Waals surface area contributed by atoms with Crippen LogP contribution in [0.15, 0.2) is 11.4 Å². The van der Waals surface area contributed by atoms with E-state index in [9.17, 15) is 4.79 Å². The van der Waals surface area contributed by atoms with Crippen molar-refractivity contribution in [2.75, 3.05) is 40.5 Å². The lowest BCUT2D eigenvalue weighted by Gasteiger charge is -2.15. The van der Waals surface area contributed by atoms with Gasteiger partial charge in [-0.25, -0.2) is 0 Å². The van der Waals surface area contributed by atoms with Crippen LogP contribution in [-0.4, -0.2) is 56.4 Å². The average molecular weight is 310 g/mol. The average Bonchev–Trinajstić information content (AvgIpc) is 2.86. The molecule has 1 heterocycles. The minimum absolute atomic E-state index is 0.0148. The van der Waals surface area contributed by atoms with Gasteiger partial charge in [0.05, 0.1) is 19.8 Å². The molecule has 0 aliphatic rings. The number of rotatable bonds is 8. The lowest BCUT2D eigenvalue weighted by molar-refractivity contribution is -0.122. The quantitative estimate of drug-likeness (QED) is 0.547. The van der Waals surface area contributed by atoms with Gasteiger partial charge in [-0.15, -0.1) is 11.3 Å². The van der Waals surface area contributed by atoms with Crippen molar-refractivity contribution in [3.05, 3.63) is 21.9 Å². The largest absolute Gasteiger partial charge is 0.395 e. The van der Waals surface area contributed by atoms with Crippen LogP contribution in [0.25, 0.3) is 0 Å². The first-order chi connectivity index (χ1) is 10.2. The molecule has 0 aliphatic carbocycles. The summed E-state index contributed by atoms with van der Waals surface area (Å²) in [6.45, 7) is 2.14. The van der Waals surface area contributed by atoms with Gasteiger partial charge < -0.3 is 15.2 Å². The highest BCUT2D eigenvalue weighted by Crippen LogP contribution is 2.17. The van der Waals surface area contributed by atoms with E-state index in [2.05, 4.69) is 17.2 Å². The zero-order chi connectivity index (χ0) is 15.5. The molecule has 0 unspecified atom stereocenters. The van der Waals surface area contributed by atoms with Gasteiger partial charge in [0.1, 0.15) is 0 Å². The number of nitrogens with zero attached hydrogens (tertiary/aromatic N) is 1. The summed E-state index contributed by atoms with van der Waals surface area (Å²) in [5.74, 6) is 5.96. The topological polar surface area (TPSA) is 61.8 Å². The highest BCUT2D eigenvalue weighted by Gasteiger charge is 2.09. The Kier molecular flexibility index (Phi) is 8.71. The number of likely N-dealkylation sites (N-methyl/N-ethyl adjacent to an activating group) is 1. The molecule has 1 aromatic heterocycles. The first-order valence-corrected chi connectivity index (χ1v) is 7.65. The third kappa shape index (κ3) is 7.25. The summed E-state index contributed by atoms with van der Waals surface area (Å²) in [5.41, 5.74) is 0.972. The van der Waals surface area contributed by atoms with E-state index >= 15 is 0 Å². The van der Waals surface area contributed by atoms with Gasteiger partial charge >= 0.3 is 0 Å². The number of aliphatic hydroxyl groups is 1. The molecule has 0 atom stereocenters. The molecule has 0 radical (unpaired) electrons. The zero-order valence-electron chi connectivity index (χ0n) is 12.5. The molecule has 0 spiro atoms. The van der Waals surface area contributed by atoms with Gasteiger partial charge in [-0.2, -0.15) is 0 Å². The fourth-order valence-corrected chi connectivity index (χ4v) is 2.59. The molecule has 21 heavy (non-hydrogen) atoms. The summed E-state index contributed by atoms with van der Waals surface area (Å²) < 4.78 is 4.89. The number of hydrogen-bond donors (Lipinski definition) is 2. The second-order valence-electron chi connectivity index (χ2n) is 4.55. The predicted molar refractivity (Wildman–Crippen MR) is 84.1 cm³/mol. The van der Waals surface area contributed by atoms with E-state index in [-0.39, 0.29) is 12.5 Å². The van der Waals surface area contributed by atoms with Gasteiger partial charge in [0.15, 0.2) is 0 Å². The summed E-state index contributed by atoms with van der Waals surface area (Å²) in [5, 5.41) is 13.5. The van der Waals surface area contributed by atoms with E-state index in [0.717, 1.165) is 10.4 Å². The predicted octanol–water partition coefficient (Wildman–Crippen LogP) is 0.676. The Bertz CT molecular complexity index is 491. The van der Waals surface area contributed by atoms with Crippen LogP contribution >= 0.6 is 11.3 Å². The van der Waals surface area contributed by atoms with Gasteiger partial charge in [0.2, 0.25) is 5.91 Å². The van der Waals surface area contributed by atoms with E-state index in [1.165, 1.54) is 0 Å². The Hall–Kier alpha value is -1.39. The fourth-order valence-electron chi connectivity index (χ4n) is 1.68. The van der Waals surface area contributed by atoms with E-state index in [1.807, 2.05) is 23.4 Å². The Balaban J connectivity index is 2.44. The first-order valence-electron chi connectivity index (χ1n) is 6.77. The SMILES string of the molecule is COCCNC(=O)CN(C)Cc1sccc1C#CCCO. The minimum atomic E-state index is -0.0148. The molecule has 1 rings (SSSR count). The van der Waals surface area contributed by atoms with Crippen LogP contribution in [0.1, 0.15) is 16.9 Å². The molecule has 0 aliphatic heterocycles. The molecule has 116 valence electrons. The van der Waals surface area contributed by atoms with Crippen molar-refractivity contribution in [2.24, 2.45) is 0 Å². The zero-order valence-corrected chi connectivity index (χ0v) is 13.3. The molecular formula is C15H22N2O3S. The Morgan fingerprint density at radius 2 is 2.38 bits per heavy atom. The van der Waals surface area contributed by atoms with Gasteiger partial charge in [-0.3, -0.25) is 9.69 Å².